The Kier molecular flexibility index (Phi) is 5.78. The van der Waals surface area contributed by atoms with Crippen molar-refractivity contribution in [3.63, 3.8) is 0 Å². The molecule has 3 aromatic rings. The molecule has 0 atom stereocenters. The highest BCUT2D eigenvalue weighted by Gasteiger charge is 2.26. The van der Waals surface area contributed by atoms with Gasteiger partial charge in [0.05, 0.1) is 6.20 Å². The molecule has 0 spiro atoms. The highest BCUT2D eigenvalue weighted by Crippen LogP contribution is 2.37. The molecular formula is C22H31N5S. The van der Waals surface area contributed by atoms with Gasteiger partial charge in [-0.3, -0.25) is 8.65 Å². The van der Waals surface area contributed by atoms with E-state index in [1.165, 1.54) is 56.1 Å². The highest BCUT2D eigenvalue weighted by molar-refractivity contribution is 7.78. The zero-order valence-corrected chi connectivity index (χ0v) is 18.1. The molecular weight excluding hydrogens is 366 g/mol. The van der Waals surface area contributed by atoms with Gasteiger partial charge in [-0.25, -0.2) is 4.98 Å². The van der Waals surface area contributed by atoms with E-state index in [2.05, 4.69) is 48.9 Å². The maximum Gasteiger partial charge on any atom is 0.150 e. The zero-order chi connectivity index (χ0) is 19.7. The zero-order valence-electron chi connectivity index (χ0n) is 17.2. The van der Waals surface area contributed by atoms with Crippen molar-refractivity contribution in [1.82, 2.24) is 23.6 Å². The predicted molar refractivity (Wildman–Crippen MR) is 119 cm³/mol. The van der Waals surface area contributed by atoms with Crippen LogP contribution < -0.4 is 0 Å². The van der Waals surface area contributed by atoms with Crippen LogP contribution in [0.15, 0.2) is 30.9 Å². The van der Waals surface area contributed by atoms with E-state index in [1.807, 2.05) is 34.3 Å². The molecule has 0 bridgehead atoms. The Morgan fingerprint density at radius 1 is 1.14 bits per heavy atom. The average molecular weight is 398 g/mol. The lowest BCUT2D eigenvalue weighted by Gasteiger charge is -2.36. The van der Waals surface area contributed by atoms with Gasteiger partial charge >= 0.3 is 0 Å². The van der Waals surface area contributed by atoms with E-state index in [0.717, 1.165) is 22.8 Å². The second-order valence-electron chi connectivity index (χ2n) is 8.06. The molecule has 1 fully saturated rings. The lowest BCUT2D eigenvalue weighted by atomic mass is 9.81. The molecule has 1 aliphatic carbocycles. The summed E-state index contributed by atoms with van der Waals surface area (Å²) in [5, 5.41) is 5.50. The molecule has 0 unspecified atom stereocenters. The van der Waals surface area contributed by atoms with Gasteiger partial charge in [0.25, 0.3) is 0 Å². The van der Waals surface area contributed by atoms with Crippen LogP contribution in [-0.4, -0.2) is 42.8 Å². The second-order valence-corrected chi connectivity index (χ2v) is 8.49. The molecule has 0 radical (unpaired) electrons. The molecule has 150 valence electrons. The maximum atomic E-state index is 4.76. The molecule has 1 saturated carbocycles. The summed E-state index contributed by atoms with van der Waals surface area (Å²) in [5.41, 5.74) is 4.55. The first-order valence-corrected chi connectivity index (χ1v) is 10.9. The molecule has 1 aliphatic rings. The molecule has 0 aliphatic heterocycles. The summed E-state index contributed by atoms with van der Waals surface area (Å²) in [6.07, 6.45) is 14.4. The first-order valence-electron chi connectivity index (χ1n) is 10.5. The van der Waals surface area contributed by atoms with Gasteiger partial charge in [0.15, 0.2) is 0 Å². The molecule has 28 heavy (non-hydrogen) atoms. The Morgan fingerprint density at radius 2 is 1.93 bits per heavy atom. The molecule has 4 rings (SSSR count). The number of thiol groups is 1. The Balaban J connectivity index is 1.57. The number of hydrogen-bond acceptors (Lipinski definition) is 4. The van der Waals surface area contributed by atoms with Crippen molar-refractivity contribution >= 4 is 23.8 Å². The van der Waals surface area contributed by atoms with Gasteiger partial charge < -0.3 is 4.90 Å². The lowest BCUT2D eigenvalue weighted by molar-refractivity contribution is 0.156. The van der Waals surface area contributed by atoms with Gasteiger partial charge in [-0.2, -0.15) is 5.10 Å². The Bertz CT molecular complexity index is 936. The first kappa shape index (κ1) is 19.5. The summed E-state index contributed by atoms with van der Waals surface area (Å²) in [6, 6.07) is 3.09. The Morgan fingerprint density at radius 3 is 2.57 bits per heavy atom. The van der Waals surface area contributed by atoms with E-state index in [-0.39, 0.29) is 0 Å². The number of nitrogens with zero attached hydrogens (tertiary/aromatic N) is 5. The highest BCUT2D eigenvalue weighted by atomic mass is 32.1. The standard InChI is InChI=1S/C22H31N5S/c1-4-10-26(5-2)19-8-6-16(7-9-19)17-11-20-21(18-13-24-25(3)14-18)15-27(28)22(20)23-12-17/h11-16,19,28H,4-10H2,1-3H3/t16-,19-. The largest absolute Gasteiger partial charge is 0.301 e. The quantitative estimate of drug-likeness (QED) is 0.602. The van der Waals surface area contributed by atoms with Gasteiger partial charge in [-0.05, 0) is 62.7 Å². The average Bonchev–Trinajstić information content (AvgIpc) is 3.29. The fourth-order valence-corrected chi connectivity index (χ4v) is 5.06. The fraction of sp³-hybridized carbons (Fsp3) is 0.545. The number of pyridine rings is 1. The number of hydrogen-bond donors (Lipinski definition) is 1. The Labute approximate surface area is 173 Å². The van der Waals surface area contributed by atoms with Crippen LogP contribution in [-0.2, 0) is 7.05 Å². The third-order valence-electron chi connectivity index (χ3n) is 6.26. The minimum absolute atomic E-state index is 0.610. The Hall–Kier alpha value is -1.79. The van der Waals surface area contributed by atoms with Crippen LogP contribution in [0.2, 0.25) is 0 Å². The van der Waals surface area contributed by atoms with Crippen LogP contribution in [0.3, 0.4) is 0 Å². The van der Waals surface area contributed by atoms with E-state index in [0.29, 0.717) is 5.92 Å². The number of fused-ring (bicyclic) bond motifs is 1. The third-order valence-corrected chi connectivity index (χ3v) is 6.57. The first-order chi connectivity index (χ1) is 13.6. The van der Waals surface area contributed by atoms with Gasteiger partial charge in [0.2, 0.25) is 0 Å². The van der Waals surface area contributed by atoms with E-state index >= 15 is 0 Å². The molecule has 6 heteroatoms. The minimum Gasteiger partial charge on any atom is -0.301 e. The third kappa shape index (κ3) is 3.72. The topological polar surface area (TPSA) is 38.9 Å². The molecule has 3 heterocycles. The SMILES string of the molecule is CCCN(CC)[C@H]1CC[C@H](c2cnc3c(c2)c(-c2cnn(C)c2)cn3S)CC1. The van der Waals surface area contributed by atoms with E-state index < -0.39 is 0 Å². The number of rotatable bonds is 6. The maximum absolute atomic E-state index is 4.76. The van der Waals surface area contributed by atoms with E-state index in [1.54, 1.807) is 0 Å². The van der Waals surface area contributed by atoms with Crippen LogP contribution in [0.5, 0.6) is 0 Å². The summed E-state index contributed by atoms with van der Waals surface area (Å²) in [5.74, 6) is 0.610. The number of aromatic nitrogens is 4. The van der Waals surface area contributed by atoms with Crippen LogP contribution in [0.1, 0.15) is 57.4 Å². The van der Waals surface area contributed by atoms with Crippen molar-refractivity contribution in [3.05, 3.63) is 36.4 Å². The van der Waals surface area contributed by atoms with Crippen molar-refractivity contribution in [2.75, 3.05) is 13.1 Å². The monoisotopic (exact) mass is 397 g/mol. The molecule has 5 nitrogen and oxygen atoms in total. The molecule has 3 aromatic heterocycles. The van der Waals surface area contributed by atoms with Crippen molar-refractivity contribution in [1.29, 1.82) is 0 Å². The summed E-state index contributed by atoms with van der Waals surface area (Å²) in [7, 11) is 1.95. The molecule has 0 saturated heterocycles. The summed E-state index contributed by atoms with van der Waals surface area (Å²) in [6.45, 7) is 6.97. The van der Waals surface area contributed by atoms with Crippen molar-refractivity contribution < 1.29 is 0 Å². The second kappa shape index (κ2) is 8.29. The molecule has 0 aromatic carbocycles. The van der Waals surface area contributed by atoms with Crippen molar-refractivity contribution in [3.8, 4) is 11.1 Å². The van der Waals surface area contributed by atoms with Gasteiger partial charge in [0, 0.05) is 48.2 Å². The van der Waals surface area contributed by atoms with Crippen LogP contribution in [0.4, 0.5) is 0 Å². The van der Waals surface area contributed by atoms with Gasteiger partial charge in [-0.15, -0.1) is 0 Å². The normalized spacial score (nSPS) is 20.3. The van der Waals surface area contributed by atoms with Crippen LogP contribution in [0.25, 0.3) is 22.2 Å². The van der Waals surface area contributed by atoms with Crippen molar-refractivity contribution in [2.45, 2.75) is 57.9 Å². The minimum atomic E-state index is 0.610. The summed E-state index contributed by atoms with van der Waals surface area (Å²) < 4.78 is 3.66. The van der Waals surface area contributed by atoms with Crippen molar-refractivity contribution in [2.24, 2.45) is 7.05 Å². The van der Waals surface area contributed by atoms with Gasteiger partial charge in [0.1, 0.15) is 5.65 Å². The van der Waals surface area contributed by atoms with E-state index in [9.17, 15) is 0 Å². The lowest BCUT2D eigenvalue weighted by Crippen LogP contribution is -2.38. The predicted octanol–water partition coefficient (Wildman–Crippen LogP) is 4.89. The van der Waals surface area contributed by atoms with E-state index in [4.69, 9.17) is 4.98 Å². The summed E-state index contributed by atoms with van der Waals surface area (Å²) >= 11 is 4.58. The molecule has 0 amide bonds. The summed E-state index contributed by atoms with van der Waals surface area (Å²) in [4.78, 5) is 7.42. The van der Waals surface area contributed by atoms with Crippen LogP contribution >= 0.6 is 12.8 Å². The van der Waals surface area contributed by atoms with Crippen LogP contribution in [0, 0.1) is 0 Å². The number of aryl methyl sites for hydroxylation is 1. The fourth-order valence-electron chi connectivity index (χ4n) is 4.78. The smallest absolute Gasteiger partial charge is 0.150 e. The van der Waals surface area contributed by atoms with Gasteiger partial charge in [-0.1, -0.05) is 26.7 Å². The molecule has 0 N–H and O–H groups in total.